The van der Waals surface area contributed by atoms with Crippen molar-refractivity contribution < 1.29 is 19.1 Å². The van der Waals surface area contributed by atoms with Crippen LogP contribution in [-0.2, 0) is 14.3 Å². The fraction of sp³-hybridized carbons (Fsp3) is 0.654. The Kier molecular flexibility index (Phi) is 9.52. The molecule has 0 heterocycles. The predicted molar refractivity (Wildman–Crippen MR) is 132 cm³/mol. The molecule has 0 aromatic heterocycles. The summed E-state index contributed by atoms with van der Waals surface area (Å²) in [6, 6.07) is 4.16. The standard InChI is InChI=1S/C26H43N3O4/c1-16(2)14-20(27-24(32)33-26(8,9)10)23(31)29(11)21(22(30)28-25(5,6)7)19-13-12-17(3)15-18(19)4/h12-13,15-16,20-21H,14H2,1-11H3,(H,27,32)(H,28,30). The van der Waals surface area contributed by atoms with E-state index in [-0.39, 0.29) is 17.7 Å². The lowest BCUT2D eigenvalue weighted by Crippen LogP contribution is -2.53. The molecule has 0 aliphatic rings. The van der Waals surface area contributed by atoms with Crippen molar-refractivity contribution in [3.05, 3.63) is 34.9 Å². The molecular formula is C26H43N3O4. The second-order valence-corrected chi connectivity index (χ2v) is 11.3. The van der Waals surface area contributed by atoms with Crippen LogP contribution in [0.25, 0.3) is 0 Å². The van der Waals surface area contributed by atoms with Crippen LogP contribution in [0.4, 0.5) is 4.79 Å². The quantitative estimate of drug-likeness (QED) is 0.618. The molecule has 0 aliphatic carbocycles. The van der Waals surface area contributed by atoms with Crippen LogP contribution in [0.1, 0.15) is 84.5 Å². The highest BCUT2D eigenvalue weighted by Gasteiger charge is 2.36. The van der Waals surface area contributed by atoms with Crippen LogP contribution in [0.3, 0.4) is 0 Å². The van der Waals surface area contributed by atoms with Crippen molar-refractivity contribution in [2.24, 2.45) is 5.92 Å². The highest BCUT2D eigenvalue weighted by atomic mass is 16.6. The van der Waals surface area contributed by atoms with Gasteiger partial charge in [0.2, 0.25) is 11.8 Å². The van der Waals surface area contributed by atoms with Crippen LogP contribution in [0, 0.1) is 19.8 Å². The van der Waals surface area contributed by atoms with Gasteiger partial charge >= 0.3 is 6.09 Å². The first-order chi connectivity index (χ1) is 14.9. The maximum atomic E-state index is 13.6. The van der Waals surface area contributed by atoms with Crippen LogP contribution in [0.5, 0.6) is 0 Å². The van der Waals surface area contributed by atoms with E-state index in [0.717, 1.165) is 16.7 Å². The fourth-order valence-corrected chi connectivity index (χ4v) is 3.61. The van der Waals surface area contributed by atoms with Gasteiger partial charge in [-0.1, -0.05) is 37.6 Å². The second kappa shape index (κ2) is 11.0. The Balaban J connectivity index is 3.35. The maximum Gasteiger partial charge on any atom is 0.408 e. The molecule has 0 bridgehead atoms. The van der Waals surface area contributed by atoms with Crippen molar-refractivity contribution >= 4 is 17.9 Å². The molecule has 0 saturated carbocycles. The lowest BCUT2D eigenvalue weighted by atomic mass is 9.95. The number of ether oxygens (including phenoxy) is 1. The number of hydrogen-bond acceptors (Lipinski definition) is 4. The molecular weight excluding hydrogens is 418 g/mol. The van der Waals surface area contributed by atoms with Gasteiger partial charge < -0.3 is 20.3 Å². The van der Waals surface area contributed by atoms with Crippen molar-refractivity contribution in [1.29, 1.82) is 0 Å². The van der Waals surface area contributed by atoms with Crippen molar-refractivity contribution in [3.8, 4) is 0 Å². The van der Waals surface area contributed by atoms with Crippen molar-refractivity contribution in [1.82, 2.24) is 15.5 Å². The first-order valence-electron chi connectivity index (χ1n) is 11.6. The SMILES string of the molecule is Cc1ccc(C(C(=O)NC(C)(C)C)N(C)C(=O)C(CC(C)C)NC(=O)OC(C)(C)C)c(C)c1. The van der Waals surface area contributed by atoms with Gasteiger partial charge in [-0.15, -0.1) is 0 Å². The summed E-state index contributed by atoms with van der Waals surface area (Å²) in [5, 5.41) is 5.72. The van der Waals surface area contributed by atoms with Crippen molar-refractivity contribution in [2.45, 2.75) is 98.9 Å². The van der Waals surface area contributed by atoms with Gasteiger partial charge in [-0.25, -0.2) is 4.79 Å². The zero-order valence-corrected chi connectivity index (χ0v) is 22.3. The third-order valence-corrected chi connectivity index (χ3v) is 4.90. The minimum Gasteiger partial charge on any atom is -0.444 e. The lowest BCUT2D eigenvalue weighted by molar-refractivity contribution is -0.141. The van der Waals surface area contributed by atoms with E-state index in [4.69, 9.17) is 4.74 Å². The van der Waals surface area contributed by atoms with Crippen LogP contribution in [0.2, 0.25) is 0 Å². The normalized spacial score (nSPS) is 13.8. The topological polar surface area (TPSA) is 87.7 Å². The van der Waals surface area contributed by atoms with Gasteiger partial charge in [-0.05, 0) is 78.9 Å². The molecule has 186 valence electrons. The molecule has 2 N–H and O–H groups in total. The van der Waals surface area contributed by atoms with E-state index in [1.807, 2.05) is 66.7 Å². The molecule has 2 unspecified atom stereocenters. The zero-order valence-electron chi connectivity index (χ0n) is 22.3. The molecule has 3 amide bonds. The van der Waals surface area contributed by atoms with Gasteiger partial charge in [0.25, 0.3) is 0 Å². The minimum absolute atomic E-state index is 0.144. The maximum absolute atomic E-state index is 13.6. The van der Waals surface area contributed by atoms with Crippen LogP contribution in [0.15, 0.2) is 18.2 Å². The Hall–Kier alpha value is -2.57. The molecule has 0 radical (unpaired) electrons. The van der Waals surface area contributed by atoms with E-state index in [1.54, 1.807) is 27.8 Å². The molecule has 7 nitrogen and oxygen atoms in total. The summed E-state index contributed by atoms with van der Waals surface area (Å²) in [7, 11) is 1.61. The number of carbonyl (C=O) groups is 3. The number of hydrogen-bond donors (Lipinski definition) is 2. The number of rotatable bonds is 7. The summed E-state index contributed by atoms with van der Waals surface area (Å²) in [6.45, 7) is 18.9. The van der Waals surface area contributed by atoms with E-state index in [0.29, 0.717) is 6.42 Å². The Morgan fingerprint density at radius 2 is 1.61 bits per heavy atom. The molecule has 0 fully saturated rings. The van der Waals surface area contributed by atoms with Gasteiger partial charge in [-0.2, -0.15) is 0 Å². The average Bonchev–Trinajstić information content (AvgIpc) is 2.58. The Labute approximate surface area is 199 Å². The molecule has 0 aliphatic heterocycles. The minimum atomic E-state index is -0.840. The smallest absolute Gasteiger partial charge is 0.408 e. The van der Waals surface area contributed by atoms with Crippen molar-refractivity contribution in [3.63, 3.8) is 0 Å². The Morgan fingerprint density at radius 3 is 2.06 bits per heavy atom. The number of likely N-dealkylation sites (N-methyl/N-ethyl adjacent to an activating group) is 1. The number of aryl methyl sites for hydroxylation is 2. The summed E-state index contributed by atoms with van der Waals surface area (Å²) in [5.74, 6) is -0.472. The van der Waals surface area contributed by atoms with Crippen LogP contribution >= 0.6 is 0 Å². The summed E-state index contributed by atoms with van der Waals surface area (Å²) < 4.78 is 5.37. The Bertz CT molecular complexity index is 850. The second-order valence-electron chi connectivity index (χ2n) is 11.3. The molecule has 2 atom stereocenters. The predicted octanol–water partition coefficient (Wildman–Crippen LogP) is 4.66. The fourth-order valence-electron chi connectivity index (χ4n) is 3.61. The monoisotopic (exact) mass is 461 g/mol. The summed E-state index contributed by atoms with van der Waals surface area (Å²) in [4.78, 5) is 40.9. The number of carbonyl (C=O) groups excluding carboxylic acids is 3. The van der Waals surface area contributed by atoms with Gasteiger partial charge in [0.05, 0.1) is 0 Å². The van der Waals surface area contributed by atoms with E-state index in [1.165, 1.54) is 4.90 Å². The molecule has 1 aromatic rings. The van der Waals surface area contributed by atoms with Gasteiger partial charge in [0, 0.05) is 12.6 Å². The van der Waals surface area contributed by atoms with E-state index < -0.39 is 29.3 Å². The van der Waals surface area contributed by atoms with E-state index in [2.05, 4.69) is 10.6 Å². The highest BCUT2D eigenvalue weighted by Crippen LogP contribution is 2.26. The summed E-state index contributed by atoms with van der Waals surface area (Å²) >= 11 is 0. The molecule has 7 heteroatoms. The molecule has 33 heavy (non-hydrogen) atoms. The van der Waals surface area contributed by atoms with Crippen LogP contribution < -0.4 is 10.6 Å². The molecule has 1 rings (SSSR count). The number of alkyl carbamates (subject to hydrolysis) is 1. The first kappa shape index (κ1) is 28.5. The molecule has 0 saturated heterocycles. The van der Waals surface area contributed by atoms with E-state index in [9.17, 15) is 14.4 Å². The number of amides is 3. The van der Waals surface area contributed by atoms with Gasteiger partial charge in [0.1, 0.15) is 17.7 Å². The summed E-state index contributed by atoms with van der Waals surface area (Å²) in [5.41, 5.74) is 1.59. The Morgan fingerprint density at radius 1 is 1.03 bits per heavy atom. The third-order valence-electron chi connectivity index (χ3n) is 4.90. The number of nitrogens with one attached hydrogen (secondary N) is 2. The highest BCUT2D eigenvalue weighted by molar-refractivity contribution is 5.92. The molecule has 0 spiro atoms. The first-order valence-corrected chi connectivity index (χ1v) is 11.6. The van der Waals surface area contributed by atoms with Gasteiger partial charge in [-0.3, -0.25) is 9.59 Å². The van der Waals surface area contributed by atoms with Crippen LogP contribution in [-0.4, -0.2) is 47.0 Å². The number of nitrogens with zero attached hydrogens (tertiary/aromatic N) is 1. The zero-order chi connectivity index (χ0) is 25.7. The third kappa shape index (κ3) is 9.44. The lowest BCUT2D eigenvalue weighted by Gasteiger charge is -2.34. The van der Waals surface area contributed by atoms with E-state index >= 15 is 0 Å². The van der Waals surface area contributed by atoms with Gasteiger partial charge in [0.15, 0.2) is 0 Å². The summed E-state index contributed by atoms with van der Waals surface area (Å²) in [6.07, 6.45) is -0.236. The van der Waals surface area contributed by atoms with Crippen molar-refractivity contribution in [2.75, 3.05) is 7.05 Å². The largest absolute Gasteiger partial charge is 0.444 e. The molecule has 1 aromatic carbocycles. The number of benzene rings is 1. The average molecular weight is 462 g/mol.